The van der Waals surface area contributed by atoms with Crippen molar-refractivity contribution in [1.29, 1.82) is 0 Å². The van der Waals surface area contributed by atoms with Crippen molar-refractivity contribution in [1.82, 2.24) is 0 Å². The van der Waals surface area contributed by atoms with Crippen LogP contribution in [0.1, 0.15) is 13.8 Å². The van der Waals surface area contributed by atoms with Crippen molar-refractivity contribution in [2.24, 2.45) is 0 Å². The fourth-order valence-electron chi connectivity index (χ4n) is 2.32. The molecule has 1 rings (SSSR count). The van der Waals surface area contributed by atoms with Gasteiger partial charge in [-0.25, -0.2) is 0 Å². The average molecular weight is 344 g/mol. The molecule has 1 fully saturated rings. The van der Waals surface area contributed by atoms with Crippen LogP contribution < -0.4 is 0 Å². The smallest absolute Gasteiger partial charge is 0.303 e. The lowest BCUT2D eigenvalue weighted by atomic mass is 9.98. The summed E-state index contributed by atoms with van der Waals surface area (Å²) in [4.78, 5) is 22.7. The van der Waals surface area contributed by atoms with Gasteiger partial charge in [-0.1, -0.05) is 12.2 Å². The molecule has 0 unspecified atom stereocenters. The minimum absolute atomic E-state index is 0.0295. The molecule has 8 nitrogen and oxygen atoms in total. The summed E-state index contributed by atoms with van der Waals surface area (Å²) in [6.45, 7) is 9.90. The molecule has 136 valence electrons. The van der Waals surface area contributed by atoms with Crippen LogP contribution in [0.4, 0.5) is 0 Å². The van der Waals surface area contributed by atoms with Gasteiger partial charge in [0.1, 0.15) is 12.2 Å². The van der Waals surface area contributed by atoms with E-state index in [1.54, 1.807) is 6.08 Å². The highest BCUT2D eigenvalue weighted by atomic mass is 16.7. The number of hydrogen-bond acceptors (Lipinski definition) is 8. The molecule has 0 radical (unpaired) electrons. The fourth-order valence-corrected chi connectivity index (χ4v) is 2.32. The summed E-state index contributed by atoms with van der Waals surface area (Å²) in [6, 6.07) is 0. The summed E-state index contributed by atoms with van der Waals surface area (Å²) in [5.74, 6) is -1.19. The van der Waals surface area contributed by atoms with E-state index in [4.69, 9.17) is 23.7 Å². The van der Waals surface area contributed by atoms with E-state index < -0.39 is 42.6 Å². The highest BCUT2D eigenvalue weighted by Gasteiger charge is 2.50. The Morgan fingerprint density at radius 1 is 1.04 bits per heavy atom. The quantitative estimate of drug-likeness (QED) is 0.363. The fraction of sp³-hybridized carbons (Fsp3) is 0.625. The summed E-state index contributed by atoms with van der Waals surface area (Å²) in [6.07, 6.45) is -2.23. The van der Waals surface area contributed by atoms with Gasteiger partial charge in [-0.15, -0.1) is 13.2 Å². The van der Waals surface area contributed by atoms with Gasteiger partial charge in [-0.2, -0.15) is 0 Å². The number of rotatable bonds is 9. The van der Waals surface area contributed by atoms with E-state index in [1.165, 1.54) is 19.9 Å². The lowest BCUT2D eigenvalue weighted by Gasteiger charge is -2.43. The van der Waals surface area contributed by atoms with Crippen molar-refractivity contribution in [2.75, 3.05) is 19.8 Å². The summed E-state index contributed by atoms with van der Waals surface area (Å²) in [5.41, 5.74) is 0. The Morgan fingerprint density at radius 3 is 2.17 bits per heavy atom. The number of hydrogen-bond donors (Lipinski definition) is 1. The van der Waals surface area contributed by atoms with Crippen molar-refractivity contribution in [2.45, 2.75) is 44.6 Å². The van der Waals surface area contributed by atoms with E-state index in [9.17, 15) is 14.7 Å². The van der Waals surface area contributed by atoms with Crippen molar-refractivity contribution >= 4 is 11.9 Å². The topological polar surface area (TPSA) is 101 Å². The van der Waals surface area contributed by atoms with Gasteiger partial charge in [0.15, 0.2) is 18.5 Å². The molecule has 5 atom stereocenters. The number of aliphatic hydroxyl groups is 1. The van der Waals surface area contributed by atoms with Gasteiger partial charge < -0.3 is 28.8 Å². The predicted octanol–water partition coefficient (Wildman–Crippen LogP) is 0.341. The molecule has 1 saturated heterocycles. The van der Waals surface area contributed by atoms with Crippen molar-refractivity contribution in [3.8, 4) is 0 Å². The highest BCUT2D eigenvalue weighted by Crippen LogP contribution is 2.27. The molecule has 8 heteroatoms. The van der Waals surface area contributed by atoms with Gasteiger partial charge in [-0.05, 0) is 0 Å². The molecule has 24 heavy (non-hydrogen) atoms. The molecule has 0 aliphatic carbocycles. The number of aliphatic hydroxyl groups excluding tert-OH is 1. The minimum Gasteiger partial charge on any atom is -0.457 e. The van der Waals surface area contributed by atoms with Crippen LogP contribution in [-0.2, 0) is 33.3 Å². The molecule has 1 aliphatic heterocycles. The van der Waals surface area contributed by atoms with E-state index in [2.05, 4.69) is 13.2 Å². The molecule has 0 aromatic carbocycles. The van der Waals surface area contributed by atoms with Gasteiger partial charge >= 0.3 is 11.9 Å². The molecule has 0 spiro atoms. The van der Waals surface area contributed by atoms with Gasteiger partial charge in [0, 0.05) is 13.8 Å². The van der Waals surface area contributed by atoms with Crippen LogP contribution in [0.15, 0.2) is 25.3 Å². The number of ether oxygens (including phenoxy) is 5. The molecule has 0 bridgehead atoms. The first-order valence-corrected chi connectivity index (χ1v) is 7.49. The Balaban J connectivity index is 3.01. The zero-order valence-corrected chi connectivity index (χ0v) is 13.9. The van der Waals surface area contributed by atoms with E-state index in [-0.39, 0.29) is 19.8 Å². The first kappa shape index (κ1) is 20.3. The third-order valence-electron chi connectivity index (χ3n) is 3.14. The Bertz CT molecular complexity index is 449. The largest absolute Gasteiger partial charge is 0.457 e. The van der Waals surface area contributed by atoms with Crippen LogP contribution in [0.5, 0.6) is 0 Å². The minimum atomic E-state index is -1.45. The predicted molar refractivity (Wildman–Crippen MR) is 82.9 cm³/mol. The molecule has 1 N–H and O–H groups in total. The van der Waals surface area contributed by atoms with Crippen LogP contribution in [0.2, 0.25) is 0 Å². The van der Waals surface area contributed by atoms with Crippen LogP contribution in [0, 0.1) is 0 Å². The summed E-state index contributed by atoms with van der Waals surface area (Å²) in [5, 5.41) is 10.1. The normalized spacial score (nSPS) is 29.5. The second-order valence-electron chi connectivity index (χ2n) is 5.13. The molecule has 1 aliphatic rings. The molecular formula is C16H24O8. The molecule has 0 aromatic heterocycles. The second kappa shape index (κ2) is 10.2. The zero-order chi connectivity index (χ0) is 18.1. The van der Waals surface area contributed by atoms with Crippen LogP contribution in [-0.4, -0.2) is 67.6 Å². The van der Waals surface area contributed by atoms with Gasteiger partial charge in [-0.3, -0.25) is 9.59 Å². The van der Waals surface area contributed by atoms with Gasteiger partial charge in [0.25, 0.3) is 0 Å². The van der Waals surface area contributed by atoms with Crippen molar-refractivity contribution in [3.05, 3.63) is 25.3 Å². The van der Waals surface area contributed by atoms with E-state index in [0.717, 1.165) is 0 Å². The number of carbonyl (C=O) groups is 2. The maximum Gasteiger partial charge on any atom is 0.303 e. The van der Waals surface area contributed by atoms with Gasteiger partial charge in [0.2, 0.25) is 0 Å². The molecule has 0 saturated carbocycles. The van der Waals surface area contributed by atoms with E-state index >= 15 is 0 Å². The number of esters is 2. The third kappa shape index (κ3) is 6.04. The van der Waals surface area contributed by atoms with E-state index in [0.29, 0.717) is 0 Å². The Kier molecular flexibility index (Phi) is 8.62. The Labute approximate surface area is 141 Å². The van der Waals surface area contributed by atoms with Crippen LogP contribution in [0.25, 0.3) is 0 Å². The average Bonchev–Trinajstić information content (AvgIpc) is 2.50. The monoisotopic (exact) mass is 344 g/mol. The Morgan fingerprint density at radius 2 is 1.62 bits per heavy atom. The maximum atomic E-state index is 11.4. The van der Waals surface area contributed by atoms with Crippen LogP contribution in [0.3, 0.4) is 0 Å². The zero-order valence-electron chi connectivity index (χ0n) is 13.9. The lowest BCUT2D eigenvalue weighted by Crippen LogP contribution is -2.62. The second-order valence-corrected chi connectivity index (χ2v) is 5.13. The molecule has 0 amide bonds. The summed E-state index contributed by atoms with van der Waals surface area (Å²) in [7, 11) is 0. The molecule has 1 heterocycles. The highest BCUT2D eigenvalue weighted by molar-refractivity contribution is 5.67. The summed E-state index contributed by atoms with van der Waals surface area (Å²) >= 11 is 0. The van der Waals surface area contributed by atoms with Crippen molar-refractivity contribution in [3.63, 3.8) is 0 Å². The van der Waals surface area contributed by atoms with Crippen molar-refractivity contribution < 1.29 is 38.4 Å². The molecular weight excluding hydrogens is 320 g/mol. The maximum absolute atomic E-state index is 11.4. The Hall–Kier alpha value is -1.74. The first-order chi connectivity index (χ1) is 11.4. The standard InChI is InChI=1S/C16H24O8/c1-5-7-20-9-12-13(22-10(3)17)14(21-8-6-2)15(16(19)24-12)23-11(4)18/h5-6,12-16,19H,1-2,7-9H2,3-4H3/t12-,13+,14+,15-,16+/m1/s1. The first-order valence-electron chi connectivity index (χ1n) is 7.49. The van der Waals surface area contributed by atoms with Crippen LogP contribution >= 0.6 is 0 Å². The lowest BCUT2D eigenvalue weighted by molar-refractivity contribution is -0.300. The number of carbonyl (C=O) groups excluding carboxylic acids is 2. The molecule has 0 aromatic rings. The SMILES string of the molecule is C=CCOC[C@H]1O[C@H](O)[C@H](OC(C)=O)[C@@H](OCC=C)[C@H]1OC(C)=O. The summed E-state index contributed by atoms with van der Waals surface area (Å²) < 4.78 is 26.7. The van der Waals surface area contributed by atoms with E-state index in [1.807, 2.05) is 0 Å². The van der Waals surface area contributed by atoms with Gasteiger partial charge in [0.05, 0.1) is 19.8 Å². The third-order valence-corrected chi connectivity index (χ3v) is 3.14.